The molecule has 0 aromatic heterocycles. The Morgan fingerprint density at radius 3 is 2.37 bits per heavy atom. The van der Waals surface area contributed by atoms with Crippen molar-refractivity contribution in [2.45, 2.75) is 46.3 Å². The molecular weight excluding hydrogens is 444 g/mol. The second-order valence-electron chi connectivity index (χ2n) is 8.45. The molecule has 0 bridgehead atoms. The van der Waals surface area contributed by atoms with Gasteiger partial charge in [0.25, 0.3) is 11.8 Å². The molecule has 0 spiro atoms. The van der Waals surface area contributed by atoms with Gasteiger partial charge in [0.1, 0.15) is 11.5 Å². The van der Waals surface area contributed by atoms with Crippen LogP contribution in [0.1, 0.15) is 55.1 Å². The number of amides is 2. The Balaban J connectivity index is 1.58. The molecule has 7 heteroatoms. The van der Waals surface area contributed by atoms with E-state index in [0.29, 0.717) is 22.7 Å². The SMILES string of the molecule is CC(=O)Oc1cccc(C(=O)NCc2cccc(NC(=O)C(C)Oc3ccccc3C(C)C)c2)c1. The maximum Gasteiger partial charge on any atom is 0.308 e. The summed E-state index contributed by atoms with van der Waals surface area (Å²) >= 11 is 0. The van der Waals surface area contributed by atoms with Crippen molar-refractivity contribution in [3.8, 4) is 11.5 Å². The number of ether oxygens (including phenoxy) is 2. The molecule has 7 nitrogen and oxygen atoms in total. The second kappa shape index (κ2) is 11.8. The summed E-state index contributed by atoms with van der Waals surface area (Å²) in [6.45, 7) is 7.42. The zero-order valence-electron chi connectivity index (χ0n) is 20.3. The van der Waals surface area contributed by atoms with Crippen LogP contribution in [-0.2, 0) is 16.1 Å². The number of esters is 1. The van der Waals surface area contributed by atoms with Crippen molar-refractivity contribution < 1.29 is 23.9 Å². The van der Waals surface area contributed by atoms with Crippen LogP contribution in [-0.4, -0.2) is 23.9 Å². The van der Waals surface area contributed by atoms with Gasteiger partial charge in [0.15, 0.2) is 6.10 Å². The molecular formula is C28H30N2O5. The van der Waals surface area contributed by atoms with Gasteiger partial charge >= 0.3 is 5.97 Å². The predicted octanol–water partition coefficient (Wildman–Crippen LogP) is 5.07. The lowest BCUT2D eigenvalue weighted by Gasteiger charge is -2.19. The van der Waals surface area contributed by atoms with Gasteiger partial charge < -0.3 is 20.1 Å². The molecule has 3 rings (SSSR count). The topological polar surface area (TPSA) is 93.7 Å². The molecule has 2 amide bonds. The van der Waals surface area contributed by atoms with Crippen LogP contribution >= 0.6 is 0 Å². The van der Waals surface area contributed by atoms with Gasteiger partial charge in [-0.3, -0.25) is 14.4 Å². The first-order chi connectivity index (χ1) is 16.7. The van der Waals surface area contributed by atoms with E-state index >= 15 is 0 Å². The number of nitrogens with one attached hydrogen (secondary N) is 2. The molecule has 0 aliphatic heterocycles. The summed E-state index contributed by atoms with van der Waals surface area (Å²) in [4.78, 5) is 36.4. The van der Waals surface area contributed by atoms with Gasteiger partial charge in [0.2, 0.25) is 0 Å². The Labute approximate surface area is 205 Å². The molecule has 0 fully saturated rings. The highest BCUT2D eigenvalue weighted by atomic mass is 16.5. The molecule has 3 aromatic carbocycles. The number of benzene rings is 3. The monoisotopic (exact) mass is 474 g/mol. The zero-order valence-corrected chi connectivity index (χ0v) is 20.3. The quantitative estimate of drug-likeness (QED) is 0.334. The third-order valence-corrected chi connectivity index (χ3v) is 5.22. The highest BCUT2D eigenvalue weighted by Crippen LogP contribution is 2.27. The Hall–Kier alpha value is -4.13. The van der Waals surface area contributed by atoms with Crippen LogP contribution in [0, 0.1) is 0 Å². The number of anilines is 1. The Morgan fingerprint density at radius 2 is 1.63 bits per heavy atom. The van der Waals surface area contributed by atoms with Crippen molar-refractivity contribution in [1.29, 1.82) is 0 Å². The molecule has 2 N–H and O–H groups in total. The second-order valence-corrected chi connectivity index (χ2v) is 8.45. The van der Waals surface area contributed by atoms with E-state index in [0.717, 1.165) is 11.1 Å². The summed E-state index contributed by atoms with van der Waals surface area (Å²) in [7, 11) is 0. The molecule has 1 atom stereocenters. The minimum Gasteiger partial charge on any atom is -0.481 e. The molecule has 0 aliphatic rings. The first-order valence-electron chi connectivity index (χ1n) is 11.4. The summed E-state index contributed by atoms with van der Waals surface area (Å²) in [6.07, 6.45) is -0.692. The maximum absolute atomic E-state index is 12.7. The molecule has 35 heavy (non-hydrogen) atoms. The molecule has 0 saturated carbocycles. The van der Waals surface area contributed by atoms with E-state index in [2.05, 4.69) is 24.5 Å². The lowest BCUT2D eigenvalue weighted by Crippen LogP contribution is -2.30. The largest absolute Gasteiger partial charge is 0.481 e. The van der Waals surface area contributed by atoms with Crippen LogP contribution in [0.4, 0.5) is 5.69 Å². The average molecular weight is 475 g/mol. The van der Waals surface area contributed by atoms with E-state index in [1.165, 1.54) is 13.0 Å². The number of carbonyl (C=O) groups excluding carboxylic acids is 3. The van der Waals surface area contributed by atoms with E-state index in [4.69, 9.17) is 9.47 Å². The molecule has 182 valence electrons. The van der Waals surface area contributed by atoms with E-state index in [1.807, 2.05) is 30.3 Å². The fraction of sp³-hybridized carbons (Fsp3) is 0.250. The standard InChI is InChI=1S/C28H30N2O5/c1-18(2)25-13-5-6-14-26(25)34-19(3)27(32)30-23-11-7-9-21(15-23)17-29-28(33)22-10-8-12-24(16-22)35-20(4)31/h5-16,18-19H,17H2,1-4H3,(H,29,33)(H,30,32). The van der Waals surface area contributed by atoms with Gasteiger partial charge in [-0.15, -0.1) is 0 Å². The summed E-state index contributed by atoms with van der Waals surface area (Å²) in [6, 6.07) is 21.3. The van der Waals surface area contributed by atoms with E-state index in [1.54, 1.807) is 43.3 Å². The van der Waals surface area contributed by atoms with Crippen molar-refractivity contribution in [3.05, 3.63) is 89.5 Å². The van der Waals surface area contributed by atoms with Gasteiger partial charge in [0, 0.05) is 24.7 Å². The van der Waals surface area contributed by atoms with Crippen LogP contribution < -0.4 is 20.1 Å². The lowest BCUT2D eigenvalue weighted by molar-refractivity contribution is -0.131. The third-order valence-electron chi connectivity index (χ3n) is 5.22. The van der Waals surface area contributed by atoms with E-state index in [9.17, 15) is 14.4 Å². The van der Waals surface area contributed by atoms with Crippen LogP contribution in [0.25, 0.3) is 0 Å². The van der Waals surface area contributed by atoms with E-state index < -0.39 is 12.1 Å². The van der Waals surface area contributed by atoms with Crippen molar-refractivity contribution in [2.75, 3.05) is 5.32 Å². The smallest absolute Gasteiger partial charge is 0.308 e. The maximum atomic E-state index is 12.7. The van der Waals surface area contributed by atoms with E-state index in [-0.39, 0.29) is 24.3 Å². The first-order valence-corrected chi connectivity index (χ1v) is 11.4. The molecule has 3 aromatic rings. The number of carbonyl (C=O) groups is 3. The zero-order chi connectivity index (χ0) is 25.4. The number of para-hydroxylation sites is 1. The number of hydrogen-bond acceptors (Lipinski definition) is 5. The molecule has 0 saturated heterocycles. The van der Waals surface area contributed by atoms with Crippen LogP contribution in [0.15, 0.2) is 72.8 Å². The van der Waals surface area contributed by atoms with Crippen molar-refractivity contribution in [1.82, 2.24) is 5.32 Å². The summed E-state index contributed by atoms with van der Waals surface area (Å²) in [5.74, 6) is 0.246. The third kappa shape index (κ3) is 7.43. The highest BCUT2D eigenvalue weighted by molar-refractivity contribution is 5.95. The molecule has 0 heterocycles. The van der Waals surface area contributed by atoms with Crippen molar-refractivity contribution >= 4 is 23.5 Å². The number of hydrogen-bond donors (Lipinski definition) is 2. The summed E-state index contributed by atoms with van der Waals surface area (Å²) in [5, 5.41) is 5.70. The van der Waals surface area contributed by atoms with Gasteiger partial charge in [-0.05, 0) is 60.4 Å². The normalized spacial score (nSPS) is 11.5. The number of rotatable bonds is 9. The van der Waals surface area contributed by atoms with Gasteiger partial charge in [-0.2, -0.15) is 0 Å². The fourth-order valence-electron chi connectivity index (χ4n) is 3.46. The fourth-order valence-corrected chi connectivity index (χ4v) is 3.46. The molecule has 0 aliphatic carbocycles. The average Bonchev–Trinajstić information content (AvgIpc) is 2.82. The minimum absolute atomic E-state index is 0.258. The summed E-state index contributed by atoms with van der Waals surface area (Å²) in [5.41, 5.74) is 2.83. The Bertz CT molecular complexity index is 1210. The van der Waals surface area contributed by atoms with Gasteiger partial charge in [-0.25, -0.2) is 0 Å². The van der Waals surface area contributed by atoms with Crippen LogP contribution in [0.5, 0.6) is 11.5 Å². The highest BCUT2D eigenvalue weighted by Gasteiger charge is 2.17. The van der Waals surface area contributed by atoms with Gasteiger partial charge in [0.05, 0.1) is 0 Å². The van der Waals surface area contributed by atoms with Gasteiger partial charge in [-0.1, -0.05) is 50.2 Å². The van der Waals surface area contributed by atoms with Crippen LogP contribution in [0.3, 0.4) is 0 Å². The van der Waals surface area contributed by atoms with Crippen LogP contribution in [0.2, 0.25) is 0 Å². The Kier molecular flexibility index (Phi) is 8.62. The first kappa shape index (κ1) is 25.5. The Morgan fingerprint density at radius 1 is 0.886 bits per heavy atom. The predicted molar refractivity (Wildman–Crippen MR) is 135 cm³/mol. The van der Waals surface area contributed by atoms with Crippen molar-refractivity contribution in [3.63, 3.8) is 0 Å². The minimum atomic E-state index is -0.692. The molecule has 0 radical (unpaired) electrons. The summed E-state index contributed by atoms with van der Waals surface area (Å²) < 4.78 is 11.0. The molecule has 1 unspecified atom stereocenters. The lowest BCUT2D eigenvalue weighted by atomic mass is 10.0. The van der Waals surface area contributed by atoms with Crippen molar-refractivity contribution in [2.24, 2.45) is 0 Å².